The summed E-state index contributed by atoms with van der Waals surface area (Å²) in [7, 11) is 0. The first-order valence-corrected chi connectivity index (χ1v) is 8.37. The van der Waals surface area contributed by atoms with E-state index in [-0.39, 0.29) is 12.1 Å². The van der Waals surface area contributed by atoms with Crippen LogP contribution in [0.3, 0.4) is 0 Å². The molecule has 0 radical (unpaired) electrons. The Morgan fingerprint density at radius 2 is 2.10 bits per heavy atom. The van der Waals surface area contributed by atoms with Crippen molar-refractivity contribution in [1.82, 2.24) is 10.6 Å². The standard InChI is InChI=1S/C16H28N2O2S/c1-7-13(18-15(19)20-16(4,5)6)10-17-12(3)14-11(2)8-9-21-14/h8-9,12-13,17H,7,10H2,1-6H3,(H,18,19). The summed E-state index contributed by atoms with van der Waals surface area (Å²) in [5.74, 6) is 0. The van der Waals surface area contributed by atoms with Gasteiger partial charge in [-0.25, -0.2) is 4.79 Å². The molecule has 0 aliphatic carbocycles. The van der Waals surface area contributed by atoms with Crippen LogP contribution in [0.15, 0.2) is 11.4 Å². The molecule has 0 aliphatic heterocycles. The predicted octanol–water partition coefficient (Wildman–Crippen LogP) is 4.01. The molecule has 1 heterocycles. The number of hydrogen-bond donors (Lipinski definition) is 2. The summed E-state index contributed by atoms with van der Waals surface area (Å²) < 4.78 is 5.29. The zero-order valence-corrected chi connectivity index (χ0v) is 14.8. The molecule has 1 amide bonds. The number of hydrogen-bond acceptors (Lipinski definition) is 4. The Hall–Kier alpha value is -1.07. The van der Waals surface area contributed by atoms with Gasteiger partial charge in [-0.1, -0.05) is 6.92 Å². The highest BCUT2D eigenvalue weighted by molar-refractivity contribution is 7.10. The topological polar surface area (TPSA) is 50.4 Å². The number of nitrogens with one attached hydrogen (secondary N) is 2. The third kappa shape index (κ3) is 6.48. The molecule has 0 aliphatic rings. The van der Waals surface area contributed by atoms with E-state index in [1.54, 1.807) is 11.3 Å². The fourth-order valence-electron chi connectivity index (χ4n) is 2.01. The fourth-order valence-corrected chi connectivity index (χ4v) is 2.97. The van der Waals surface area contributed by atoms with Crippen LogP contribution in [0.4, 0.5) is 4.79 Å². The van der Waals surface area contributed by atoms with Crippen LogP contribution >= 0.6 is 11.3 Å². The summed E-state index contributed by atoms with van der Waals surface area (Å²) >= 11 is 1.76. The summed E-state index contributed by atoms with van der Waals surface area (Å²) in [5.41, 5.74) is 0.852. The van der Waals surface area contributed by atoms with E-state index in [2.05, 4.69) is 42.9 Å². The molecule has 2 N–H and O–H groups in total. The molecule has 0 spiro atoms. The highest BCUT2D eigenvalue weighted by atomic mass is 32.1. The van der Waals surface area contributed by atoms with Crippen molar-refractivity contribution in [3.05, 3.63) is 21.9 Å². The highest BCUT2D eigenvalue weighted by Gasteiger charge is 2.19. The van der Waals surface area contributed by atoms with Gasteiger partial charge in [0.15, 0.2) is 0 Å². The molecule has 0 bridgehead atoms. The van der Waals surface area contributed by atoms with Gasteiger partial charge in [-0.05, 0) is 58.0 Å². The molecule has 4 nitrogen and oxygen atoms in total. The molecule has 0 saturated carbocycles. The number of ether oxygens (including phenoxy) is 1. The maximum Gasteiger partial charge on any atom is 0.407 e. The monoisotopic (exact) mass is 312 g/mol. The van der Waals surface area contributed by atoms with E-state index in [0.717, 1.165) is 13.0 Å². The summed E-state index contributed by atoms with van der Waals surface area (Å²) in [5, 5.41) is 8.51. The molecule has 2 atom stereocenters. The lowest BCUT2D eigenvalue weighted by molar-refractivity contribution is 0.0502. The summed E-state index contributed by atoms with van der Waals surface area (Å²) in [4.78, 5) is 13.1. The molecule has 1 rings (SSSR count). The third-order valence-electron chi connectivity index (χ3n) is 3.18. The maximum absolute atomic E-state index is 11.8. The molecule has 21 heavy (non-hydrogen) atoms. The van der Waals surface area contributed by atoms with Gasteiger partial charge in [0.2, 0.25) is 0 Å². The van der Waals surface area contributed by atoms with Crippen molar-refractivity contribution in [1.29, 1.82) is 0 Å². The van der Waals surface area contributed by atoms with Crippen molar-refractivity contribution in [2.45, 2.75) is 65.6 Å². The van der Waals surface area contributed by atoms with Gasteiger partial charge in [-0.15, -0.1) is 11.3 Å². The van der Waals surface area contributed by atoms with Crippen molar-refractivity contribution in [3.8, 4) is 0 Å². The van der Waals surface area contributed by atoms with Gasteiger partial charge in [-0.2, -0.15) is 0 Å². The van der Waals surface area contributed by atoms with Crippen LogP contribution in [0.1, 0.15) is 57.5 Å². The van der Waals surface area contributed by atoms with Gasteiger partial charge in [0, 0.05) is 23.5 Å². The molecular weight excluding hydrogens is 284 g/mol. The number of alkyl carbamates (subject to hydrolysis) is 1. The number of thiophene rings is 1. The molecule has 1 aromatic heterocycles. The van der Waals surface area contributed by atoms with Crippen molar-refractivity contribution in [2.24, 2.45) is 0 Å². The number of carbonyl (C=O) groups excluding carboxylic acids is 1. The largest absolute Gasteiger partial charge is 0.444 e. The minimum absolute atomic E-state index is 0.0718. The number of rotatable bonds is 6. The lowest BCUT2D eigenvalue weighted by Crippen LogP contribution is -2.44. The molecule has 120 valence electrons. The van der Waals surface area contributed by atoms with Crippen molar-refractivity contribution in [3.63, 3.8) is 0 Å². The van der Waals surface area contributed by atoms with Crippen LogP contribution in [0.25, 0.3) is 0 Å². The van der Waals surface area contributed by atoms with Gasteiger partial charge in [0.25, 0.3) is 0 Å². The van der Waals surface area contributed by atoms with E-state index < -0.39 is 5.60 Å². The Morgan fingerprint density at radius 1 is 1.43 bits per heavy atom. The number of aryl methyl sites for hydroxylation is 1. The van der Waals surface area contributed by atoms with Crippen LogP contribution in [-0.2, 0) is 4.74 Å². The SMILES string of the molecule is CCC(CNC(C)c1sccc1C)NC(=O)OC(C)(C)C. The Morgan fingerprint density at radius 3 is 2.57 bits per heavy atom. The Labute approximate surface area is 132 Å². The molecule has 0 fully saturated rings. The van der Waals surface area contributed by atoms with E-state index in [1.165, 1.54) is 10.4 Å². The number of carbonyl (C=O) groups is 1. The van der Waals surface area contributed by atoms with Crippen LogP contribution in [0, 0.1) is 6.92 Å². The molecule has 0 aromatic carbocycles. The smallest absolute Gasteiger partial charge is 0.407 e. The second kappa shape index (κ2) is 7.80. The van der Waals surface area contributed by atoms with Crippen molar-refractivity contribution < 1.29 is 9.53 Å². The van der Waals surface area contributed by atoms with Crippen molar-refractivity contribution >= 4 is 17.4 Å². The molecule has 1 aromatic rings. The van der Waals surface area contributed by atoms with E-state index in [1.807, 2.05) is 20.8 Å². The normalized spacial score (nSPS) is 14.6. The second-order valence-electron chi connectivity index (χ2n) is 6.35. The fraction of sp³-hybridized carbons (Fsp3) is 0.688. The quantitative estimate of drug-likeness (QED) is 0.834. The first kappa shape index (κ1) is 18.0. The zero-order valence-electron chi connectivity index (χ0n) is 13.9. The molecule has 0 saturated heterocycles. The summed E-state index contributed by atoms with van der Waals surface area (Å²) in [6.45, 7) is 12.7. The predicted molar refractivity (Wildman–Crippen MR) is 88.9 cm³/mol. The minimum Gasteiger partial charge on any atom is -0.444 e. The van der Waals surface area contributed by atoms with Crippen LogP contribution < -0.4 is 10.6 Å². The third-order valence-corrected chi connectivity index (χ3v) is 4.38. The van der Waals surface area contributed by atoms with Gasteiger partial charge in [0.1, 0.15) is 5.60 Å². The van der Waals surface area contributed by atoms with Gasteiger partial charge in [-0.3, -0.25) is 0 Å². The second-order valence-corrected chi connectivity index (χ2v) is 7.30. The molecule has 5 heteroatoms. The van der Waals surface area contributed by atoms with E-state index in [0.29, 0.717) is 6.04 Å². The van der Waals surface area contributed by atoms with E-state index in [9.17, 15) is 4.79 Å². The summed E-state index contributed by atoms with van der Waals surface area (Å²) in [6, 6.07) is 2.50. The zero-order chi connectivity index (χ0) is 16.0. The van der Waals surface area contributed by atoms with Crippen LogP contribution in [0.2, 0.25) is 0 Å². The van der Waals surface area contributed by atoms with Gasteiger partial charge >= 0.3 is 6.09 Å². The molecule has 2 unspecified atom stereocenters. The lowest BCUT2D eigenvalue weighted by atomic mass is 10.1. The molecular formula is C16H28N2O2S. The van der Waals surface area contributed by atoms with Gasteiger partial charge < -0.3 is 15.4 Å². The minimum atomic E-state index is -0.461. The first-order valence-electron chi connectivity index (χ1n) is 7.49. The maximum atomic E-state index is 11.8. The average Bonchev–Trinajstić information content (AvgIpc) is 2.78. The van der Waals surface area contributed by atoms with E-state index in [4.69, 9.17) is 4.74 Å². The van der Waals surface area contributed by atoms with E-state index >= 15 is 0 Å². The van der Waals surface area contributed by atoms with Crippen molar-refractivity contribution in [2.75, 3.05) is 6.54 Å². The number of amides is 1. The Kier molecular flexibility index (Phi) is 6.68. The first-order chi connectivity index (χ1) is 9.73. The van der Waals surface area contributed by atoms with Crippen LogP contribution in [0.5, 0.6) is 0 Å². The van der Waals surface area contributed by atoms with Crippen LogP contribution in [-0.4, -0.2) is 24.3 Å². The van der Waals surface area contributed by atoms with Gasteiger partial charge in [0.05, 0.1) is 0 Å². The summed E-state index contributed by atoms with van der Waals surface area (Å²) in [6.07, 6.45) is 0.513. The Bertz CT molecular complexity index is 451. The Balaban J connectivity index is 2.44. The highest BCUT2D eigenvalue weighted by Crippen LogP contribution is 2.23. The lowest BCUT2D eigenvalue weighted by Gasteiger charge is -2.24. The average molecular weight is 312 g/mol.